The van der Waals surface area contributed by atoms with Crippen molar-refractivity contribution in [2.45, 2.75) is 27.7 Å². The summed E-state index contributed by atoms with van der Waals surface area (Å²) in [6.45, 7) is 8.33. The Hall–Kier alpha value is -5.74. The first-order valence-electron chi connectivity index (χ1n) is 15.4. The van der Waals surface area contributed by atoms with Crippen LogP contribution in [0.5, 0.6) is 0 Å². The van der Waals surface area contributed by atoms with E-state index in [1.54, 1.807) is 0 Å². The molecule has 0 atom stereocenters. The quantitative estimate of drug-likeness (QED) is 0.190. The van der Waals surface area contributed by atoms with Crippen molar-refractivity contribution >= 4 is 43.9 Å². The summed E-state index contributed by atoms with van der Waals surface area (Å²) in [4.78, 5) is 27.8. The highest BCUT2D eigenvalue weighted by atomic mass is 16.3. The van der Waals surface area contributed by atoms with E-state index in [-0.39, 0.29) is 10.9 Å². The summed E-state index contributed by atoms with van der Waals surface area (Å²) in [6, 6.07) is 35.3. The minimum Gasteiger partial charge on any atom is -0.456 e. The molecule has 0 N–H and O–H groups in total. The van der Waals surface area contributed by atoms with Crippen molar-refractivity contribution in [3.05, 3.63) is 152 Å². The Morgan fingerprint density at radius 2 is 0.652 bits per heavy atom. The number of fused-ring (bicyclic) bond motifs is 4. The van der Waals surface area contributed by atoms with Gasteiger partial charge >= 0.3 is 0 Å². The van der Waals surface area contributed by atoms with Crippen molar-refractivity contribution in [2.24, 2.45) is 0 Å². The van der Waals surface area contributed by atoms with Gasteiger partial charge in [-0.1, -0.05) is 60.7 Å². The molecule has 46 heavy (non-hydrogen) atoms. The van der Waals surface area contributed by atoms with Crippen molar-refractivity contribution in [3.8, 4) is 33.4 Å². The average Bonchev–Trinajstić information content (AvgIpc) is 3.05. The maximum absolute atomic E-state index is 13.9. The van der Waals surface area contributed by atoms with Gasteiger partial charge in [-0.2, -0.15) is 0 Å². The van der Waals surface area contributed by atoms with Crippen molar-refractivity contribution in [2.75, 3.05) is 0 Å². The lowest BCUT2D eigenvalue weighted by Crippen LogP contribution is -2.04. The van der Waals surface area contributed by atoms with Gasteiger partial charge in [0.1, 0.15) is 22.3 Å². The SMILES string of the molecule is Cc1cccc(C)c1-c1ccc2oc3ccc(-c4ccc5oc6ccc(-c7c(C)cccc7C)cc6c(=O)c5c4)cc3c(=O)c2c1. The number of benzene rings is 6. The Balaban J connectivity index is 1.27. The molecule has 2 heterocycles. The molecule has 0 unspecified atom stereocenters. The molecule has 8 rings (SSSR count). The monoisotopic (exact) mass is 598 g/mol. The molecule has 0 saturated heterocycles. The lowest BCUT2D eigenvalue weighted by molar-refractivity contribution is 0.659. The predicted octanol–water partition coefficient (Wildman–Crippen LogP) is 10.4. The van der Waals surface area contributed by atoms with Gasteiger partial charge in [-0.05, 0) is 132 Å². The summed E-state index contributed by atoms with van der Waals surface area (Å²) in [5, 5.41) is 2.06. The van der Waals surface area contributed by atoms with Gasteiger partial charge in [0.15, 0.2) is 0 Å². The van der Waals surface area contributed by atoms with Crippen LogP contribution in [0.4, 0.5) is 0 Å². The zero-order chi connectivity index (χ0) is 31.7. The standard InChI is InChI=1S/C42H30O4/c1-23-7-5-8-24(2)39(23)29-13-17-37-33(21-29)41(43)31-19-27(11-15-35(31)45-37)28-12-16-36-32(20-28)42(44)34-22-30(14-18-38(34)46-36)40-25(3)9-6-10-26(40)4/h5-22H,1-4H3. The number of rotatable bonds is 3. The first-order chi connectivity index (χ1) is 22.3. The summed E-state index contributed by atoms with van der Waals surface area (Å²) in [5.74, 6) is 0. The van der Waals surface area contributed by atoms with Crippen molar-refractivity contribution in [1.29, 1.82) is 0 Å². The number of hydrogen-bond donors (Lipinski definition) is 0. The maximum atomic E-state index is 13.9. The van der Waals surface area contributed by atoms with Crippen molar-refractivity contribution < 1.29 is 8.83 Å². The van der Waals surface area contributed by atoms with Crippen LogP contribution in [-0.4, -0.2) is 0 Å². The van der Waals surface area contributed by atoms with Crippen LogP contribution in [0.25, 0.3) is 77.3 Å². The van der Waals surface area contributed by atoms with Crippen LogP contribution >= 0.6 is 0 Å². The molecule has 0 spiro atoms. The van der Waals surface area contributed by atoms with Gasteiger partial charge in [0.05, 0.1) is 21.5 Å². The molecule has 0 radical (unpaired) electrons. The fraction of sp³-hybridized carbons (Fsp3) is 0.0952. The Kier molecular flexibility index (Phi) is 6.29. The second kappa shape index (κ2) is 10.4. The minimum absolute atomic E-state index is 0.0866. The van der Waals surface area contributed by atoms with Gasteiger partial charge in [-0.3, -0.25) is 9.59 Å². The molecule has 0 aliphatic rings. The summed E-state index contributed by atoms with van der Waals surface area (Å²) in [7, 11) is 0. The van der Waals surface area contributed by atoms with E-state index < -0.39 is 0 Å². The van der Waals surface area contributed by atoms with Gasteiger partial charge in [-0.25, -0.2) is 0 Å². The molecule has 222 valence electrons. The molecule has 0 aliphatic carbocycles. The zero-order valence-electron chi connectivity index (χ0n) is 26.0. The summed E-state index contributed by atoms with van der Waals surface area (Å²) >= 11 is 0. The van der Waals surface area contributed by atoms with Crippen LogP contribution in [0, 0.1) is 27.7 Å². The highest BCUT2D eigenvalue weighted by Crippen LogP contribution is 2.33. The molecule has 2 aromatic heterocycles. The largest absolute Gasteiger partial charge is 0.456 e. The summed E-state index contributed by atoms with van der Waals surface area (Å²) in [5.41, 5.74) is 12.4. The molecular weight excluding hydrogens is 568 g/mol. The molecule has 0 fully saturated rings. The van der Waals surface area contributed by atoms with Crippen LogP contribution in [0.15, 0.2) is 128 Å². The van der Waals surface area contributed by atoms with Gasteiger partial charge in [-0.15, -0.1) is 0 Å². The zero-order valence-corrected chi connectivity index (χ0v) is 26.0. The van der Waals surface area contributed by atoms with Crippen LogP contribution in [0.3, 0.4) is 0 Å². The third-order valence-corrected chi connectivity index (χ3v) is 9.21. The highest BCUT2D eigenvalue weighted by Gasteiger charge is 2.15. The van der Waals surface area contributed by atoms with E-state index >= 15 is 0 Å². The number of aryl methyl sites for hydroxylation is 4. The Labute approximate surface area is 265 Å². The molecule has 8 aromatic rings. The first-order valence-corrected chi connectivity index (χ1v) is 15.4. The summed E-state index contributed by atoms with van der Waals surface area (Å²) in [6.07, 6.45) is 0. The van der Waals surface area contributed by atoms with E-state index in [0.717, 1.165) is 55.6 Å². The molecule has 0 aliphatic heterocycles. The molecule has 6 aromatic carbocycles. The normalized spacial score (nSPS) is 11.7. The van der Waals surface area contributed by atoms with Gasteiger partial charge in [0.25, 0.3) is 0 Å². The highest BCUT2D eigenvalue weighted by molar-refractivity contribution is 5.97. The number of hydrogen-bond acceptors (Lipinski definition) is 4. The second-order valence-electron chi connectivity index (χ2n) is 12.2. The van der Waals surface area contributed by atoms with Crippen LogP contribution in [-0.2, 0) is 0 Å². The topological polar surface area (TPSA) is 60.4 Å². The van der Waals surface area contributed by atoms with E-state index in [4.69, 9.17) is 8.83 Å². The summed E-state index contributed by atoms with van der Waals surface area (Å²) < 4.78 is 12.4. The first kappa shape index (κ1) is 27.8. The fourth-order valence-electron chi connectivity index (χ4n) is 6.92. The lowest BCUT2D eigenvalue weighted by Gasteiger charge is -2.11. The fourth-order valence-corrected chi connectivity index (χ4v) is 6.92. The van der Waals surface area contributed by atoms with Crippen LogP contribution < -0.4 is 10.9 Å². The van der Waals surface area contributed by atoms with E-state index in [1.807, 2.05) is 84.9 Å². The minimum atomic E-state index is -0.0866. The molecular formula is C42H30O4. The third kappa shape index (κ3) is 4.37. The lowest BCUT2D eigenvalue weighted by atomic mass is 9.94. The van der Waals surface area contributed by atoms with Crippen LogP contribution in [0.1, 0.15) is 22.3 Å². The molecule has 0 amide bonds. The Morgan fingerprint density at radius 1 is 0.370 bits per heavy atom. The third-order valence-electron chi connectivity index (χ3n) is 9.21. The van der Waals surface area contributed by atoms with E-state index in [1.165, 1.54) is 0 Å². The van der Waals surface area contributed by atoms with Gasteiger partial charge in [0.2, 0.25) is 10.9 Å². The maximum Gasteiger partial charge on any atom is 0.200 e. The molecule has 4 nitrogen and oxygen atoms in total. The van der Waals surface area contributed by atoms with Gasteiger partial charge < -0.3 is 8.83 Å². The van der Waals surface area contributed by atoms with Crippen molar-refractivity contribution in [3.63, 3.8) is 0 Å². The van der Waals surface area contributed by atoms with Crippen LogP contribution in [0.2, 0.25) is 0 Å². The smallest absolute Gasteiger partial charge is 0.200 e. The molecule has 0 saturated carbocycles. The van der Waals surface area contributed by atoms with E-state index in [2.05, 4.69) is 52.0 Å². The predicted molar refractivity (Wildman–Crippen MR) is 189 cm³/mol. The molecule has 0 bridgehead atoms. The molecule has 4 heteroatoms. The second-order valence-corrected chi connectivity index (χ2v) is 12.2. The Morgan fingerprint density at radius 3 is 0.978 bits per heavy atom. The average molecular weight is 599 g/mol. The van der Waals surface area contributed by atoms with E-state index in [9.17, 15) is 9.59 Å². The van der Waals surface area contributed by atoms with E-state index in [0.29, 0.717) is 43.9 Å². The van der Waals surface area contributed by atoms with Crippen molar-refractivity contribution in [1.82, 2.24) is 0 Å². The van der Waals surface area contributed by atoms with Gasteiger partial charge in [0, 0.05) is 0 Å². The Bertz CT molecular complexity index is 2450.